The highest BCUT2D eigenvalue weighted by molar-refractivity contribution is 5.82. The molecule has 2 N–H and O–H groups in total. The van der Waals surface area contributed by atoms with Gasteiger partial charge in [-0.15, -0.1) is 0 Å². The number of hydrogen-bond acceptors (Lipinski definition) is 3. The lowest BCUT2D eigenvalue weighted by Crippen LogP contribution is -2.46. The first kappa shape index (κ1) is 15.0. The van der Waals surface area contributed by atoms with Crippen LogP contribution in [-0.4, -0.2) is 29.4 Å². The number of rotatable bonds is 4. The largest absolute Gasteiger partial charge is 0.341 e. The number of carbonyl (C=O) groups excluding carboxylic acids is 1. The van der Waals surface area contributed by atoms with E-state index in [-0.39, 0.29) is 11.3 Å². The maximum atomic E-state index is 12.8. The van der Waals surface area contributed by atoms with Gasteiger partial charge >= 0.3 is 0 Å². The predicted octanol–water partition coefficient (Wildman–Crippen LogP) is 2.34. The lowest BCUT2D eigenvalue weighted by atomic mass is 9.79. The van der Waals surface area contributed by atoms with Gasteiger partial charge in [0.05, 0.1) is 5.41 Å². The third-order valence-corrected chi connectivity index (χ3v) is 4.42. The van der Waals surface area contributed by atoms with Gasteiger partial charge in [0.1, 0.15) is 0 Å². The number of nitrogens with two attached hydrogens (primary N) is 1. The smallest absolute Gasteiger partial charge is 0.230 e. The summed E-state index contributed by atoms with van der Waals surface area (Å²) in [7, 11) is 1.88. The highest BCUT2D eigenvalue weighted by Crippen LogP contribution is 2.36. The van der Waals surface area contributed by atoms with Crippen LogP contribution in [0.15, 0.2) is 24.5 Å². The molecule has 2 rings (SSSR count). The summed E-state index contributed by atoms with van der Waals surface area (Å²) in [5, 5.41) is 0. The molecule has 1 saturated carbocycles. The van der Waals surface area contributed by atoms with Crippen LogP contribution in [0.1, 0.15) is 44.1 Å². The van der Waals surface area contributed by atoms with E-state index in [0.717, 1.165) is 31.2 Å². The van der Waals surface area contributed by atoms with Crippen LogP contribution in [0.2, 0.25) is 0 Å². The van der Waals surface area contributed by atoms with E-state index in [1.165, 1.54) is 12.8 Å². The first-order valence-electron chi connectivity index (χ1n) is 7.52. The lowest BCUT2D eigenvalue weighted by molar-refractivity contribution is -0.141. The number of hydrogen-bond donors (Lipinski definition) is 1. The van der Waals surface area contributed by atoms with Crippen molar-refractivity contribution < 1.29 is 4.79 Å². The molecule has 1 amide bonds. The molecule has 0 aliphatic heterocycles. The minimum atomic E-state index is -0.335. The first-order valence-corrected chi connectivity index (χ1v) is 7.52. The van der Waals surface area contributed by atoms with Crippen molar-refractivity contribution in [1.82, 2.24) is 9.88 Å². The molecule has 0 spiro atoms. The Morgan fingerprint density at radius 1 is 1.25 bits per heavy atom. The Balaban J connectivity index is 2.07. The second kappa shape index (κ2) is 6.84. The molecule has 1 fully saturated rings. The normalized spacial score (nSPS) is 18.3. The number of aromatic nitrogens is 1. The van der Waals surface area contributed by atoms with Gasteiger partial charge in [0.2, 0.25) is 5.91 Å². The third-order valence-electron chi connectivity index (χ3n) is 4.42. The minimum absolute atomic E-state index is 0.207. The Bertz CT molecular complexity index is 425. The van der Waals surface area contributed by atoms with Crippen molar-refractivity contribution in [3.05, 3.63) is 30.1 Å². The maximum Gasteiger partial charge on any atom is 0.230 e. The first-order chi connectivity index (χ1) is 9.68. The highest BCUT2D eigenvalue weighted by Gasteiger charge is 2.38. The van der Waals surface area contributed by atoms with Crippen molar-refractivity contribution >= 4 is 5.91 Å². The average Bonchev–Trinajstić information content (AvgIpc) is 2.74. The molecule has 1 aromatic rings. The van der Waals surface area contributed by atoms with Crippen molar-refractivity contribution in [2.45, 2.75) is 45.1 Å². The summed E-state index contributed by atoms with van der Waals surface area (Å²) in [6.45, 7) is 1.09. The van der Waals surface area contributed by atoms with Gasteiger partial charge in [0, 0.05) is 32.5 Å². The number of nitrogens with zero attached hydrogens (tertiary/aromatic N) is 2. The molecular weight excluding hydrogens is 250 g/mol. The topological polar surface area (TPSA) is 59.2 Å². The molecule has 4 heteroatoms. The van der Waals surface area contributed by atoms with Crippen molar-refractivity contribution in [1.29, 1.82) is 0 Å². The SMILES string of the molecule is CN(Cc1ccncc1)C(=O)C1(CN)CCCCCC1. The molecule has 110 valence electrons. The Hall–Kier alpha value is -1.42. The molecule has 1 aliphatic rings. The summed E-state index contributed by atoms with van der Waals surface area (Å²) in [4.78, 5) is 18.7. The van der Waals surface area contributed by atoms with Crippen molar-refractivity contribution in [2.24, 2.45) is 11.1 Å². The molecule has 0 bridgehead atoms. The van der Waals surface area contributed by atoms with Crippen LogP contribution in [-0.2, 0) is 11.3 Å². The molecule has 20 heavy (non-hydrogen) atoms. The van der Waals surface area contributed by atoms with Gasteiger partial charge in [-0.3, -0.25) is 9.78 Å². The standard InChI is InChI=1S/C16H25N3O/c1-19(12-14-6-10-18-11-7-14)15(20)16(13-17)8-4-2-3-5-9-16/h6-7,10-11H,2-5,8-9,12-13,17H2,1H3. The molecular formula is C16H25N3O. The molecule has 1 aromatic heterocycles. The summed E-state index contributed by atoms with van der Waals surface area (Å²) in [6.07, 6.45) is 10.1. The zero-order valence-electron chi connectivity index (χ0n) is 12.3. The van der Waals surface area contributed by atoms with Crippen molar-refractivity contribution in [3.63, 3.8) is 0 Å². The molecule has 0 radical (unpaired) electrons. The van der Waals surface area contributed by atoms with E-state index < -0.39 is 0 Å². The number of carbonyl (C=O) groups is 1. The van der Waals surface area contributed by atoms with E-state index in [2.05, 4.69) is 4.98 Å². The van der Waals surface area contributed by atoms with Gasteiger partial charge in [0.25, 0.3) is 0 Å². The Labute approximate surface area is 121 Å². The lowest BCUT2D eigenvalue weighted by Gasteiger charge is -2.34. The van der Waals surface area contributed by atoms with Crippen LogP contribution in [0, 0.1) is 5.41 Å². The molecule has 0 atom stereocenters. The van der Waals surface area contributed by atoms with Gasteiger partial charge in [-0.05, 0) is 30.5 Å². The van der Waals surface area contributed by atoms with Crippen LogP contribution in [0.3, 0.4) is 0 Å². The van der Waals surface area contributed by atoms with E-state index in [1.54, 1.807) is 12.4 Å². The van der Waals surface area contributed by atoms with Gasteiger partial charge in [0.15, 0.2) is 0 Å². The Morgan fingerprint density at radius 2 is 1.85 bits per heavy atom. The second-order valence-electron chi connectivity index (χ2n) is 5.92. The van der Waals surface area contributed by atoms with Gasteiger partial charge in [-0.25, -0.2) is 0 Å². The summed E-state index contributed by atoms with van der Waals surface area (Å²) >= 11 is 0. The molecule has 0 aromatic carbocycles. The van der Waals surface area contributed by atoms with E-state index in [9.17, 15) is 4.79 Å². The monoisotopic (exact) mass is 275 g/mol. The highest BCUT2D eigenvalue weighted by atomic mass is 16.2. The fourth-order valence-corrected chi connectivity index (χ4v) is 3.15. The van der Waals surface area contributed by atoms with E-state index >= 15 is 0 Å². The van der Waals surface area contributed by atoms with Crippen LogP contribution in [0.4, 0.5) is 0 Å². The third kappa shape index (κ3) is 3.37. The Morgan fingerprint density at radius 3 is 2.40 bits per heavy atom. The molecule has 0 unspecified atom stereocenters. The molecule has 0 saturated heterocycles. The van der Waals surface area contributed by atoms with Crippen LogP contribution in [0.25, 0.3) is 0 Å². The minimum Gasteiger partial charge on any atom is -0.341 e. The summed E-state index contributed by atoms with van der Waals surface area (Å²) in [5.74, 6) is 0.207. The number of pyridine rings is 1. The zero-order valence-corrected chi connectivity index (χ0v) is 12.3. The van der Waals surface area contributed by atoms with Crippen LogP contribution < -0.4 is 5.73 Å². The maximum absolute atomic E-state index is 12.8. The van der Waals surface area contributed by atoms with Gasteiger partial charge in [-0.2, -0.15) is 0 Å². The van der Waals surface area contributed by atoms with E-state index in [0.29, 0.717) is 13.1 Å². The van der Waals surface area contributed by atoms with Crippen molar-refractivity contribution in [3.8, 4) is 0 Å². The predicted molar refractivity (Wildman–Crippen MR) is 79.9 cm³/mol. The van der Waals surface area contributed by atoms with E-state index in [1.807, 2.05) is 24.1 Å². The summed E-state index contributed by atoms with van der Waals surface area (Å²) < 4.78 is 0. The molecule has 4 nitrogen and oxygen atoms in total. The summed E-state index contributed by atoms with van der Waals surface area (Å²) in [6, 6.07) is 3.90. The second-order valence-corrected chi connectivity index (χ2v) is 5.92. The van der Waals surface area contributed by atoms with Gasteiger partial charge < -0.3 is 10.6 Å². The van der Waals surface area contributed by atoms with Gasteiger partial charge in [-0.1, -0.05) is 25.7 Å². The van der Waals surface area contributed by atoms with Crippen LogP contribution >= 0.6 is 0 Å². The van der Waals surface area contributed by atoms with Crippen LogP contribution in [0.5, 0.6) is 0 Å². The molecule has 1 aliphatic carbocycles. The van der Waals surface area contributed by atoms with E-state index in [4.69, 9.17) is 5.73 Å². The Kier molecular flexibility index (Phi) is 5.12. The average molecular weight is 275 g/mol. The fourth-order valence-electron chi connectivity index (χ4n) is 3.15. The zero-order chi connectivity index (χ0) is 14.4. The van der Waals surface area contributed by atoms with Crippen molar-refractivity contribution in [2.75, 3.05) is 13.6 Å². The number of amides is 1. The quantitative estimate of drug-likeness (QED) is 0.858. The molecule has 1 heterocycles. The fraction of sp³-hybridized carbons (Fsp3) is 0.625. The summed E-state index contributed by atoms with van der Waals surface area (Å²) in [5.41, 5.74) is 6.76.